The molecular weight excluding hydrogens is 723 g/mol. The number of likely N-dealkylation sites (N-methyl/N-ethyl adjacent to an activating group) is 1. The molecule has 2 saturated heterocycles. The van der Waals surface area contributed by atoms with Crippen molar-refractivity contribution in [2.24, 2.45) is 33.5 Å². The van der Waals surface area contributed by atoms with Gasteiger partial charge in [0.15, 0.2) is 0 Å². The number of likely N-dealkylation sites (tertiary alicyclic amines) is 1. The smallest absolute Gasteiger partial charge is 0.303 e. The van der Waals surface area contributed by atoms with Crippen LogP contribution in [-0.4, -0.2) is 116 Å². The number of rotatable bonds is 13. The molecule has 6 aliphatic rings. The van der Waals surface area contributed by atoms with E-state index in [0.717, 1.165) is 51.4 Å². The Balaban J connectivity index is 1.27. The predicted octanol–water partition coefficient (Wildman–Crippen LogP) is 2.46. The molecule has 15 heteroatoms. The van der Waals surface area contributed by atoms with Crippen molar-refractivity contribution in [3.63, 3.8) is 0 Å². The zero-order valence-corrected chi connectivity index (χ0v) is 34.9. The number of hydrogen-bond donors (Lipinski definition) is 4. The van der Waals surface area contributed by atoms with Gasteiger partial charge in [0.25, 0.3) is 5.91 Å². The molecule has 4 N–H and O–H groups in total. The van der Waals surface area contributed by atoms with Crippen LogP contribution in [0.4, 0.5) is 0 Å². The van der Waals surface area contributed by atoms with Gasteiger partial charge in [0.1, 0.15) is 23.7 Å². The third-order valence-electron chi connectivity index (χ3n) is 14.7. The Bertz CT molecular complexity index is 1680. The van der Waals surface area contributed by atoms with E-state index in [0.29, 0.717) is 38.9 Å². The fourth-order valence-electron chi connectivity index (χ4n) is 11.0. The molecule has 6 atom stereocenters. The lowest BCUT2D eigenvalue weighted by molar-refractivity contribution is -0.145. The molecule has 6 rings (SSSR count). The topological polar surface area (TPSA) is 177 Å². The van der Waals surface area contributed by atoms with Gasteiger partial charge in [-0.25, -0.2) is 4.72 Å². The summed E-state index contributed by atoms with van der Waals surface area (Å²) in [4.78, 5) is 74.2. The Morgan fingerprint density at radius 1 is 0.909 bits per heavy atom. The summed E-state index contributed by atoms with van der Waals surface area (Å²) in [7, 11) is -0.520. The van der Waals surface area contributed by atoms with Crippen LogP contribution in [0.25, 0.3) is 0 Å². The molecule has 0 radical (unpaired) electrons. The molecule has 14 nitrogen and oxygen atoms in total. The van der Waals surface area contributed by atoms with Gasteiger partial charge in [-0.1, -0.05) is 66.4 Å². The normalized spacial score (nSPS) is 31.0. The van der Waals surface area contributed by atoms with E-state index in [2.05, 4.69) is 41.1 Å². The number of hydrogen-bond acceptors (Lipinski definition) is 8. The van der Waals surface area contributed by atoms with Gasteiger partial charge in [0.05, 0.1) is 6.54 Å². The summed E-state index contributed by atoms with van der Waals surface area (Å²) in [5, 5.41) is 9.00. The van der Waals surface area contributed by atoms with E-state index in [9.17, 15) is 27.6 Å². The molecule has 0 bridgehead atoms. The second-order valence-corrected chi connectivity index (χ2v) is 21.0. The third kappa shape index (κ3) is 7.23. The molecule has 308 valence electrons. The second-order valence-electron chi connectivity index (χ2n) is 19.4. The first-order valence-electron chi connectivity index (χ1n) is 20.5. The zero-order valence-electron chi connectivity index (χ0n) is 34.1. The molecule has 2 heterocycles. The van der Waals surface area contributed by atoms with Crippen molar-refractivity contribution in [3.8, 4) is 0 Å². The minimum Gasteiger partial charge on any atom is -0.343 e. The molecule has 0 aromatic rings. The maximum Gasteiger partial charge on any atom is 0.303 e. The maximum absolute atomic E-state index is 15.1. The largest absolute Gasteiger partial charge is 0.343 e. The standard InChI is InChI=1S/C40H65N7O7S/c1-9-27-22-40(27,35(52)44-55(53,54)46-20-13-14-21-46)43-32(49)28-23-39(37(5,6)38(39)18-15-19-38)25-47(28)34(51)31(36(2,3)4)42-33(50)30(26-16-11-10-12-17-26)41-29(48)24-45(7)8/h9,26-28,30-31H,1,10-25H2,2-8H3,(H,41,48)(H,42,50)(H,43,49)(H,44,52)/t27-,28+,30?,31-,39-,40-/m1/s1. The van der Waals surface area contributed by atoms with Crippen LogP contribution >= 0.6 is 0 Å². The lowest BCUT2D eigenvalue weighted by Crippen LogP contribution is -2.62. The number of nitrogens with one attached hydrogen (secondary N) is 4. The Labute approximate surface area is 327 Å². The number of nitrogens with zero attached hydrogens (tertiary/aromatic N) is 3. The van der Waals surface area contributed by atoms with E-state index in [-0.39, 0.29) is 46.9 Å². The highest BCUT2D eigenvalue weighted by Gasteiger charge is 2.85. The van der Waals surface area contributed by atoms with Gasteiger partial charge >= 0.3 is 10.2 Å². The van der Waals surface area contributed by atoms with Gasteiger partial charge in [-0.15, -0.1) is 6.58 Å². The molecular formula is C40H65N7O7S. The molecule has 4 aliphatic carbocycles. The van der Waals surface area contributed by atoms with E-state index in [1.54, 1.807) is 30.0 Å². The lowest BCUT2D eigenvalue weighted by Gasteiger charge is -2.38. The molecule has 6 fully saturated rings. The lowest BCUT2D eigenvalue weighted by atomic mass is 9.73. The molecule has 0 aromatic carbocycles. The van der Waals surface area contributed by atoms with Crippen LogP contribution in [0.5, 0.6) is 0 Å². The van der Waals surface area contributed by atoms with Crippen molar-refractivity contribution in [2.45, 2.75) is 135 Å². The van der Waals surface area contributed by atoms with E-state index in [4.69, 9.17) is 0 Å². The molecule has 4 saturated carbocycles. The summed E-state index contributed by atoms with van der Waals surface area (Å²) in [6.07, 6.45) is 11.2. The number of amides is 5. The van der Waals surface area contributed by atoms with Crippen molar-refractivity contribution in [1.29, 1.82) is 0 Å². The van der Waals surface area contributed by atoms with Gasteiger partial charge in [-0.05, 0) is 87.6 Å². The predicted molar refractivity (Wildman–Crippen MR) is 208 cm³/mol. The summed E-state index contributed by atoms with van der Waals surface area (Å²) in [5.41, 5.74) is -2.77. The van der Waals surface area contributed by atoms with Crippen LogP contribution in [0.1, 0.15) is 112 Å². The van der Waals surface area contributed by atoms with Crippen LogP contribution < -0.4 is 20.7 Å². The van der Waals surface area contributed by atoms with Gasteiger partial charge < -0.3 is 25.8 Å². The van der Waals surface area contributed by atoms with Crippen LogP contribution in [0.2, 0.25) is 0 Å². The number of carbonyl (C=O) groups is 5. The van der Waals surface area contributed by atoms with E-state index >= 15 is 4.79 Å². The second kappa shape index (κ2) is 14.7. The molecule has 1 unspecified atom stereocenters. The summed E-state index contributed by atoms with van der Waals surface area (Å²) in [6, 6.07) is -2.78. The van der Waals surface area contributed by atoms with Crippen LogP contribution in [-0.2, 0) is 34.2 Å². The van der Waals surface area contributed by atoms with Crippen molar-refractivity contribution >= 4 is 39.7 Å². The van der Waals surface area contributed by atoms with Crippen molar-refractivity contribution in [2.75, 3.05) is 40.3 Å². The first-order chi connectivity index (χ1) is 25.7. The molecule has 55 heavy (non-hydrogen) atoms. The molecule has 5 amide bonds. The quantitative estimate of drug-likeness (QED) is 0.206. The summed E-state index contributed by atoms with van der Waals surface area (Å²) >= 11 is 0. The SMILES string of the molecule is C=C[C@@H]1C[C@]1(NC(=O)[C@@H]1C[C@@]2(CN1C(=O)[C@@H](NC(=O)C(NC(=O)CN(C)C)C1CCCCC1)C(C)(C)C)C(C)(C)C21CCC1)C(=O)NS(=O)(=O)N1CCCC1. The minimum atomic E-state index is -4.10. The number of fused-ring (bicyclic) bond motifs is 1. The minimum absolute atomic E-state index is 0.0149. The number of carbonyl (C=O) groups excluding carboxylic acids is 5. The fourth-order valence-corrected chi connectivity index (χ4v) is 12.3. The average molecular weight is 788 g/mol. The highest BCUT2D eigenvalue weighted by atomic mass is 32.2. The summed E-state index contributed by atoms with van der Waals surface area (Å²) in [5.74, 6) is -2.94. The van der Waals surface area contributed by atoms with Crippen LogP contribution in [0, 0.1) is 33.5 Å². The molecule has 2 spiro atoms. The fraction of sp³-hybridized carbons (Fsp3) is 0.825. The van der Waals surface area contributed by atoms with Crippen LogP contribution in [0.3, 0.4) is 0 Å². The average Bonchev–Trinajstić information content (AvgIpc) is 3.54. The van der Waals surface area contributed by atoms with Gasteiger partial charge in [-0.3, -0.25) is 24.0 Å². The van der Waals surface area contributed by atoms with Crippen molar-refractivity contribution < 1.29 is 32.4 Å². The zero-order chi connectivity index (χ0) is 40.4. The van der Waals surface area contributed by atoms with Crippen molar-refractivity contribution in [1.82, 2.24) is 34.8 Å². The Kier molecular flexibility index (Phi) is 11.1. The first-order valence-corrected chi connectivity index (χ1v) is 21.9. The maximum atomic E-state index is 15.1. The van der Waals surface area contributed by atoms with Gasteiger partial charge in [-0.2, -0.15) is 12.7 Å². The summed E-state index contributed by atoms with van der Waals surface area (Å²) < 4.78 is 29.7. The van der Waals surface area contributed by atoms with E-state index in [1.165, 1.54) is 4.31 Å². The Morgan fingerprint density at radius 3 is 2.05 bits per heavy atom. The first kappa shape index (κ1) is 41.6. The monoisotopic (exact) mass is 787 g/mol. The molecule has 0 aromatic heterocycles. The highest BCUT2D eigenvalue weighted by Crippen LogP contribution is 2.88. The van der Waals surface area contributed by atoms with E-state index < -0.39 is 62.9 Å². The Hall–Kier alpha value is -3.04. The van der Waals surface area contributed by atoms with E-state index in [1.807, 2.05) is 20.8 Å². The van der Waals surface area contributed by atoms with Gasteiger partial charge in [0, 0.05) is 31.0 Å². The highest BCUT2D eigenvalue weighted by molar-refractivity contribution is 7.87. The molecule has 2 aliphatic heterocycles. The Morgan fingerprint density at radius 2 is 1.55 bits per heavy atom. The third-order valence-corrected chi connectivity index (χ3v) is 16.1. The van der Waals surface area contributed by atoms with Crippen LogP contribution in [0.15, 0.2) is 12.7 Å². The van der Waals surface area contributed by atoms with Gasteiger partial charge in [0.2, 0.25) is 23.6 Å². The van der Waals surface area contributed by atoms with Crippen molar-refractivity contribution in [3.05, 3.63) is 12.7 Å². The summed E-state index contributed by atoms with van der Waals surface area (Å²) in [6.45, 7) is 15.0.